The Bertz CT molecular complexity index is 611. The Morgan fingerprint density at radius 2 is 1.86 bits per heavy atom. The summed E-state index contributed by atoms with van der Waals surface area (Å²) in [4.78, 5) is 25.0. The van der Waals surface area contributed by atoms with Crippen molar-refractivity contribution in [1.82, 2.24) is 4.90 Å². The molecule has 0 bridgehead atoms. The zero-order valence-corrected chi connectivity index (χ0v) is 12.0. The van der Waals surface area contributed by atoms with E-state index >= 15 is 0 Å². The monoisotopic (exact) mass is 309 g/mol. The first kappa shape index (κ1) is 14.9. The Balaban J connectivity index is 1.60. The highest BCUT2D eigenvalue weighted by atomic mass is 19.1. The average Bonchev–Trinajstić information content (AvgIpc) is 3.27. The Morgan fingerprint density at radius 1 is 1.18 bits per heavy atom. The van der Waals surface area contributed by atoms with Crippen molar-refractivity contribution in [2.45, 2.75) is 25.2 Å². The van der Waals surface area contributed by atoms with E-state index in [1.54, 1.807) is 4.90 Å². The molecule has 1 heterocycles. The summed E-state index contributed by atoms with van der Waals surface area (Å²) in [6.45, 7) is 0.871. The maximum Gasteiger partial charge on any atom is 0.306 e. The fourth-order valence-electron chi connectivity index (χ4n) is 3.20. The number of halogens is 2. The lowest BCUT2D eigenvalue weighted by atomic mass is 9.96. The van der Waals surface area contributed by atoms with Gasteiger partial charge in [-0.1, -0.05) is 6.07 Å². The molecule has 0 radical (unpaired) electrons. The van der Waals surface area contributed by atoms with Crippen LogP contribution in [0.15, 0.2) is 18.2 Å². The summed E-state index contributed by atoms with van der Waals surface area (Å²) in [7, 11) is 0. The molecule has 1 aliphatic carbocycles. The van der Waals surface area contributed by atoms with Crippen molar-refractivity contribution in [2.24, 2.45) is 11.8 Å². The van der Waals surface area contributed by atoms with Crippen LogP contribution >= 0.6 is 0 Å². The van der Waals surface area contributed by atoms with E-state index in [-0.39, 0.29) is 23.7 Å². The molecule has 22 heavy (non-hydrogen) atoms. The van der Waals surface area contributed by atoms with E-state index < -0.39 is 17.6 Å². The van der Waals surface area contributed by atoms with E-state index in [2.05, 4.69) is 0 Å². The summed E-state index contributed by atoms with van der Waals surface area (Å²) in [5.74, 6) is -2.92. The largest absolute Gasteiger partial charge is 0.481 e. The van der Waals surface area contributed by atoms with Crippen molar-refractivity contribution in [3.63, 3.8) is 0 Å². The van der Waals surface area contributed by atoms with Gasteiger partial charge in [0.25, 0.3) is 0 Å². The van der Waals surface area contributed by atoms with Crippen LogP contribution in [-0.4, -0.2) is 35.0 Å². The molecule has 1 N–H and O–H groups in total. The predicted octanol–water partition coefficient (Wildman–Crippen LogP) is 2.39. The number of benzene rings is 1. The van der Waals surface area contributed by atoms with Crippen LogP contribution in [0.25, 0.3) is 0 Å². The zero-order chi connectivity index (χ0) is 15.9. The summed E-state index contributed by atoms with van der Waals surface area (Å²) in [6.07, 6.45) is 1.49. The average molecular weight is 309 g/mol. The Kier molecular flexibility index (Phi) is 3.85. The van der Waals surface area contributed by atoms with Crippen molar-refractivity contribution in [1.29, 1.82) is 0 Å². The fraction of sp³-hybridized carbons (Fsp3) is 0.500. The molecular formula is C16H17F2NO3. The molecule has 0 aromatic heterocycles. The Morgan fingerprint density at radius 3 is 2.45 bits per heavy atom. The van der Waals surface area contributed by atoms with Crippen molar-refractivity contribution in [2.75, 3.05) is 13.1 Å². The number of carbonyl (C=O) groups excluding carboxylic acids is 1. The van der Waals surface area contributed by atoms with Gasteiger partial charge in [-0.15, -0.1) is 0 Å². The van der Waals surface area contributed by atoms with Crippen molar-refractivity contribution >= 4 is 11.9 Å². The molecule has 3 rings (SSSR count). The third kappa shape index (κ3) is 2.82. The number of piperidine rings is 1. The fourth-order valence-corrected chi connectivity index (χ4v) is 3.20. The van der Waals surface area contributed by atoms with Gasteiger partial charge in [0.1, 0.15) is 11.6 Å². The van der Waals surface area contributed by atoms with Gasteiger partial charge < -0.3 is 10.0 Å². The maximum absolute atomic E-state index is 13.7. The van der Waals surface area contributed by atoms with Crippen molar-refractivity contribution < 1.29 is 23.5 Å². The van der Waals surface area contributed by atoms with Crippen LogP contribution in [0.4, 0.5) is 8.78 Å². The summed E-state index contributed by atoms with van der Waals surface area (Å²) in [6, 6.07) is 3.45. The Labute approximate surface area is 126 Å². The van der Waals surface area contributed by atoms with Gasteiger partial charge >= 0.3 is 5.97 Å². The first-order valence-corrected chi connectivity index (χ1v) is 7.44. The number of likely N-dealkylation sites (tertiary alicyclic amines) is 1. The lowest BCUT2D eigenvalue weighted by molar-refractivity contribution is -0.146. The molecule has 4 nitrogen and oxygen atoms in total. The van der Waals surface area contributed by atoms with E-state index in [1.165, 1.54) is 12.1 Å². The van der Waals surface area contributed by atoms with Crippen LogP contribution in [0.3, 0.4) is 0 Å². The molecule has 1 saturated heterocycles. The summed E-state index contributed by atoms with van der Waals surface area (Å²) >= 11 is 0. The molecule has 0 unspecified atom stereocenters. The predicted molar refractivity (Wildman–Crippen MR) is 74.1 cm³/mol. The molecule has 1 aromatic rings. The molecule has 118 valence electrons. The summed E-state index contributed by atoms with van der Waals surface area (Å²) in [5.41, 5.74) is 0.389. The second-order valence-electron chi connectivity index (χ2n) is 6.05. The zero-order valence-electron chi connectivity index (χ0n) is 12.0. The van der Waals surface area contributed by atoms with Gasteiger partial charge in [0, 0.05) is 25.1 Å². The van der Waals surface area contributed by atoms with Crippen LogP contribution < -0.4 is 0 Å². The molecule has 1 amide bonds. The van der Waals surface area contributed by atoms with Gasteiger partial charge in [0.05, 0.1) is 5.92 Å². The maximum atomic E-state index is 13.7. The molecule has 1 aromatic carbocycles. The summed E-state index contributed by atoms with van der Waals surface area (Å²) < 4.78 is 26.6. The normalized spacial score (nSPS) is 25.1. The SMILES string of the molecule is O=C(O)C1CCN(C(=O)[C@@H]2C[C@@H]2c2ccc(F)cc2F)CC1. The number of hydrogen-bond acceptors (Lipinski definition) is 2. The third-order valence-electron chi connectivity index (χ3n) is 4.63. The van der Waals surface area contributed by atoms with Crippen LogP contribution in [-0.2, 0) is 9.59 Å². The second kappa shape index (κ2) is 5.66. The highest BCUT2D eigenvalue weighted by Gasteiger charge is 2.47. The van der Waals surface area contributed by atoms with Gasteiger partial charge in [-0.3, -0.25) is 9.59 Å². The minimum absolute atomic E-state index is 0.0439. The molecule has 6 heteroatoms. The molecule has 1 aliphatic heterocycles. The van der Waals surface area contributed by atoms with Crippen LogP contribution in [0.2, 0.25) is 0 Å². The van der Waals surface area contributed by atoms with E-state index in [4.69, 9.17) is 5.11 Å². The lowest BCUT2D eigenvalue weighted by Crippen LogP contribution is -2.41. The van der Waals surface area contributed by atoms with Gasteiger partial charge in [-0.25, -0.2) is 8.78 Å². The van der Waals surface area contributed by atoms with Crippen molar-refractivity contribution in [3.8, 4) is 0 Å². The number of aliphatic carboxylic acids is 1. The number of nitrogens with zero attached hydrogens (tertiary/aromatic N) is 1. The lowest BCUT2D eigenvalue weighted by Gasteiger charge is -2.30. The van der Waals surface area contributed by atoms with Crippen LogP contribution in [0.5, 0.6) is 0 Å². The number of hydrogen-bond donors (Lipinski definition) is 1. The molecule has 0 spiro atoms. The number of carboxylic acids is 1. The molecule has 2 fully saturated rings. The second-order valence-corrected chi connectivity index (χ2v) is 6.05. The first-order chi connectivity index (χ1) is 10.5. The number of rotatable bonds is 3. The van der Waals surface area contributed by atoms with E-state index in [9.17, 15) is 18.4 Å². The molecule has 2 aliphatic rings. The highest BCUT2D eigenvalue weighted by molar-refractivity contribution is 5.83. The number of amides is 1. The standard InChI is InChI=1S/C16H17F2NO3/c17-10-1-2-11(14(18)7-10)12-8-13(12)15(20)19-5-3-9(4-6-19)16(21)22/h1-2,7,9,12-13H,3-6,8H2,(H,21,22)/t12-,13-/m1/s1. The molecule has 1 saturated carbocycles. The van der Waals surface area contributed by atoms with Crippen LogP contribution in [0, 0.1) is 23.5 Å². The van der Waals surface area contributed by atoms with Crippen molar-refractivity contribution in [3.05, 3.63) is 35.4 Å². The van der Waals surface area contributed by atoms with Gasteiger partial charge in [-0.05, 0) is 36.8 Å². The van der Waals surface area contributed by atoms with Crippen LogP contribution in [0.1, 0.15) is 30.7 Å². The summed E-state index contributed by atoms with van der Waals surface area (Å²) in [5, 5.41) is 8.95. The van der Waals surface area contributed by atoms with E-state index in [0.717, 1.165) is 6.07 Å². The minimum Gasteiger partial charge on any atom is -0.481 e. The smallest absolute Gasteiger partial charge is 0.306 e. The van der Waals surface area contributed by atoms with E-state index in [0.29, 0.717) is 37.9 Å². The third-order valence-corrected chi connectivity index (χ3v) is 4.63. The minimum atomic E-state index is -0.815. The Hall–Kier alpha value is -1.98. The number of carbonyl (C=O) groups is 2. The first-order valence-electron chi connectivity index (χ1n) is 7.44. The topological polar surface area (TPSA) is 57.6 Å². The molecular weight excluding hydrogens is 292 g/mol. The van der Waals surface area contributed by atoms with Gasteiger partial charge in [0.2, 0.25) is 5.91 Å². The van der Waals surface area contributed by atoms with Gasteiger partial charge in [-0.2, -0.15) is 0 Å². The number of carboxylic acid groups (broad SMARTS) is 1. The quantitative estimate of drug-likeness (QED) is 0.932. The van der Waals surface area contributed by atoms with E-state index in [1.807, 2.05) is 0 Å². The van der Waals surface area contributed by atoms with Gasteiger partial charge in [0.15, 0.2) is 0 Å². The molecule has 2 atom stereocenters. The highest BCUT2D eigenvalue weighted by Crippen LogP contribution is 2.49.